The van der Waals surface area contributed by atoms with Crippen LogP contribution in [-0.4, -0.2) is 51.9 Å². The second-order valence-corrected chi connectivity index (χ2v) is 14.0. The number of benzene rings is 2. The highest BCUT2D eigenvalue weighted by atomic mass is 35.5. The van der Waals surface area contributed by atoms with E-state index in [4.69, 9.17) is 28.6 Å². The van der Waals surface area contributed by atoms with Crippen LogP contribution in [0.1, 0.15) is 69.7 Å². The Bertz CT molecular complexity index is 1450. The van der Waals surface area contributed by atoms with Gasteiger partial charge < -0.3 is 20.8 Å². The summed E-state index contributed by atoms with van der Waals surface area (Å²) in [5.74, 6) is -4.69. The van der Waals surface area contributed by atoms with E-state index in [-0.39, 0.29) is 41.3 Å². The van der Waals surface area contributed by atoms with Gasteiger partial charge in [-0.3, -0.25) is 20.3 Å². The highest BCUT2D eigenvalue weighted by Gasteiger charge is 2.42. The van der Waals surface area contributed by atoms with Gasteiger partial charge in [0.1, 0.15) is 23.6 Å². The van der Waals surface area contributed by atoms with Gasteiger partial charge in [-0.1, -0.05) is 106 Å². The van der Waals surface area contributed by atoms with Gasteiger partial charge in [0.2, 0.25) is 11.8 Å². The summed E-state index contributed by atoms with van der Waals surface area (Å²) >= 11 is 12.4. The van der Waals surface area contributed by atoms with Crippen molar-refractivity contribution in [3.8, 4) is 0 Å². The second-order valence-electron chi connectivity index (χ2n) is 13.0. The van der Waals surface area contributed by atoms with Crippen LogP contribution in [0.3, 0.4) is 0 Å². The van der Waals surface area contributed by atoms with E-state index in [1.807, 2.05) is 32.9 Å². The Kier molecular flexibility index (Phi) is 16.2. The molecular weight excluding hydrogens is 666 g/mol. The fourth-order valence-corrected chi connectivity index (χ4v) is 6.25. The summed E-state index contributed by atoms with van der Waals surface area (Å²) in [4.78, 5) is 28.4. The van der Waals surface area contributed by atoms with Crippen molar-refractivity contribution in [3.05, 3.63) is 107 Å². The molecule has 0 aliphatic heterocycles. The summed E-state index contributed by atoms with van der Waals surface area (Å²) in [5.41, 5.74) is 1.14. The number of nitrogens with one attached hydrogen (secondary N) is 4. The molecule has 8 nitrogen and oxygen atoms in total. The second kappa shape index (κ2) is 19.7. The molecule has 3 rings (SSSR count). The molecule has 0 saturated heterocycles. The van der Waals surface area contributed by atoms with Crippen molar-refractivity contribution < 1.29 is 24.2 Å². The fourth-order valence-electron chi connectivity index (χ4n) is 5.83. The molecule has 2 aromatic rings. The lowest BCUT2D eigenvalue weighted by molar-refractivity contribution is -0.132. The smallest absolute Gasteiger partial charge is 0.238 e. The number of alkyl halides is 1. The number of amidine groups is 1. The summed E-state index contributed by atoms with van der Waals surface area (Å²) in [5, 5.41) is 37.8. The van der Waals surface area contributed by atoms with E-state index in [9.17, 15) is 19.8 Å². The maximum Gasteiger partial charge on any atom is 0.238 e. The molecule has 1 saturated carbocycles. The third-order valence-corrected chi connectivity index (χ3v) is 9.94. The minimum atomic E-state index is -1.80. The molecule has 1 unspecified atom stereocenters. The van der Waals surface area contributed by atoms with Crippen molar-refractivity contribution in [2.45, 2.75) is 76.1 Å². The fraction of sp³-hybridized carbons (Fsp3) is 0.447. The van der Waals surface area contributed by atoms with Crippen molar-refractivity contribution >= 4 is 40.9 Å². The Morgan fingerprint density at radius 3 is 2.10 bits per heavy atom. The molecule has 0 bridgehead atoms. The predicted molar refractivity (Wildman–Crippen MR) is 195 cm³/mol. The molecule has 1 fully saturated rings. The number of amides is 2. The Labute approximate surface area is 299 Å². The van der Waals surface area contributed by atoms with E-state index in [0.29, 0.717) is 36.8 Å². The van der Waals surface area contributed by atoms with Crippen LogP contribution in [0.25, 0.3) is 0 Å². The Morgan fingerprint density at radius 1 is 1.00 bits per heavy atom. The van der Waals surface area contributed by atoms with Gasteiger partial charge in [-0.05, 0) is 66.7 Å². The Morgan fingerprint density at radius 2 is 1.57 bits per heavy atom. The highest BCUT2D eigenvalue weighted by molar-refractivity contribution is 6.32. The predicted octanol–water partition coefficient (Wildman–Crippen LogP) is 6.86. The summed E-state index contributed by atoms with van der Waals surface area (Å²) in [6.07, 6.45) is 5.03. The number of allylic oxidation sites excluding steroid dienone is 4. The summed E-state index contributed by atoms with van der Waals surface area (Å²) < 4.78 is 16.4. The highest BCUT2D eigenvalue weighted by Crippen LogP contribution is 2.32. The maximum absolute atomic E-state index is 16.4. The molecule has 0 radical (unpaired) electrons. The number of rotatable bonds is 16. The minimum Gasteiger partial charge on any atom is -0.396 e. The number of hydrogen-bond donors (Lipinski definition) is 6. The zero-order chi connectivity index (χ0) is 36.1. The first-order valence-electron chi connectivity index (χ1n) is 16.7. The van der Waals surface area contributed by atoms with Crippen LogP contribution in [-0.2, 0) is 9.59 Å². The van der Waals surface area contributed by atoms with Gasteiger partial charge in [-0.2, -0.15) is 0 Å². The van der Waals surface area contributed by atoms with E-state index in [0.717, 1.165) is 6.08 Å². The normalized spacial score (nSPS) is 20.6. The van der Waals surface area contributed by atoms with Gasteiger partial charge in [-0.25, -0.2) is 4.39 Å². The number of hydrogen-bond acceptors (Lipinski definition) is 6. The average molecular weight is 716 g/mol. The first-order chi connectivity index (χ1) is 23.3. The summed E-state index contributed by atoms with van der Waals surface area (Å²) in [7, 11) is 0. The average Bonchev–Trinajstić information content (AvgIpc) is 3.09. The van der Waals surface area contributed by atoms with Crippen LogP contribution >= 0.6 is 23.2 Å². The van der Waals surface area contributed by atoms with Crippen molar-refractivity contribution in [2.75, 3.05) is 6.61 Å². The molecule has 266 valence electrons. The third-order valence-electron chi connectivity index (χ3n) is 9.20. The number of carbonyl (C=O) groups is 2. The van der Waals surface area contributed by atoms with Crippen molar-refractivity contribution in [2.24, 2.45) is 23.7 Å². The van der Waals surface area contributed by atoms with Gasteiger partial charge in [-0.15, -0.1) is 11.6 Å². The first kappa shape index (κ1) is 40.1. The topological polar surface area (TPSA) is 135 Å². The van der Waals surface area contributed by atoms with E-state index in [2.05, 4.69) is 22.5 Å². The van der Waals surface area contributed by atoms with E-state index in [1.54, 1.807) is 48.5 Å². The molecule has 6 atom stereocenters. The molecule has 2 aromatic carbocycles. The lowest BCUT2D eigenvalue weighted by atomic mass is 9.86. The van der Waals surface area contributed by atoms with Gasteiger partial charge >= 0.3 is 0 Å². The molecular formula is C38H49Cl2FN4O4. The molecule has 1 aliphatic rings. The summed E-state index contributed by atoms with van der Waals surface area (Å²) in [6.45, 7) is 9.36. The van der Waals surface area contributed by atoms with Crippen LogP contribution < -0.4 is 16.0 Å². The first-order valence-corrected chi connectivity index (χ1v) is 17.5. The zero-order valence-corrected chi connectivity index (χ0v) is 29.8. The quantitative estimate of drug-likeness (QED) is 0.0489. The van der Waals surface area contributed by atoms with Crippen molar-refractivity contribution in [3.63, 3.8) is 0 Å². The van der Waals surface area contributed by atoms with Crippen LogP contribution in [0.15, 0.2) is 96.3 Å². The molecule has 6 N–H and O–H groups in total. The lowest BCUT2D eigenvalue weighted by Crippen LogP contribution is -2.57. The van der Waals surface area contributed by atoms with Crippen molar-refractivity contribution in [1.29, 1.82) is 5.41 Å². The largest absolute Gasteiger partial charge is 0.396 e. The minimum absolute atomic E-state index is 0.0599. The van der Waals surface area contributed by atoms with Crippen molar-refractivity contribution in [1.82, 2.24) is 16.0 Å². The zero-order valence-electron chi connectivity index (χ0n) is 28.3. The Hall–Kier alpha value is -3.34. The molecule has 0 heterocycles. The van der Waals surface area contributed by atoms with Crippen LogP contribution in [0.2, 0.25) is 0 Å². The molecule has 0 aromatic heterocycles. The number of aliphatic hydroxyl groups excluding tert-OH is 2. The van der Waals surface area contributed by atoms with Gasteiger partial charge in [0, 0.05) is 17.7 Å². The van der Waals surface area contributed by atoms with E-state index >= 15 is 4.39 Å². The monoisotopic (exact) mass is 714 g/mol. The van der Waals surface area contributed by atoms with Gasteiger partial charge in [0.25, 0.3) is 0 Å². The standard InChI is InChI=1S/C38H49Cl2FN4O4/c1-23(2)25(4)32(40)36(42)45-37(48)31(30(41)17-11-12-24(3)39)34(38(49)43-29-20-18-26(22-46)19-21-29)44-33(27-13-7-5-8-14-27)35(47)28-15-9-6-10-16-28/h5-17,23,25-26,29,31-35,44,46-47H,3,18-22H2,1-2,4H3,(H,43,49)(H2,42,45,48)/b12-11-,30-17-/t25-,26-,29-,31+,32?,33-,34-,35+/m1/s1. The third kappa shape index (κ3) is 11.9. The maximum atomic E-state index is 16.4. The van der Waals surface area contributed by atoms with Crippen LogP contribution in [0.4, 0.5) is 4.39 Å². The van der Waals surface area contributed by atoms with Gasteiger partial charge in [0.05, 0.1) is 17.5 Å². The summed E-state index contributed by atoms with van der Waals surface area (Å²) in [6, 6.07) is 14.9. The molecule has 2 amide bonds. The number of carbonyl (C=O) groups excluding carboxylic acids is 2. The molecule has 0 spiro atoms. The van der Waals surface area contributed by atoms with E-state index in [1.165, 1.54) is 12.2 Å². The SMILES string of the molecule is C=C(Cl)/C=C\C=C(/F)[C@H](C(=O)NC(=N)C(Cl)[C@H](C)C(C)C)[C@@H](N[C@H](c1ccccc1)[C@@H](O)c1ccccc1)C(=O)N[C@H]1CC[C@H](CO)CC1. The van der Waals surface area contributed by atoms with Gasteiger partial charge in [0.15, 0.2) is 0 Å². The molecule has 11 heteroatoms. The molecule has 1 aliphatic carbocycles. The van der Waals surface area contributed by atoms with Crippen LogP contribution in [0, 0.1) is 29.1 Å². The lowest BCUT2D eigenvalue weighted by Gasteiger charge is -2.35. The van der Waals surface area contributed by atoms with Crippen LogP contribution in [0.5, 0.6) is 0 Å². The molecule has 49 heavy (non-hydrogen) atoms. The van der Waals surface area contributed by atoms with E-state index < -0.39 is 47.1 Å². The number of aliphatic hydroxyl groups is 2. The number of halogens is 3. The Balaban J connectivity index is 2.12.